The molecule has 0 rings (SSSR count). The zero-order valence-corrected chi connectivity index (χ0v) is 37.7. The van der Waals surface area contributed by atoms with E-state index < -0.39 is 32.5 Å². The van der Waals surface area contributed by atoms with Gasteiger partial charge in [-0.15, -0.1) is 0 Å². The number of phosphoric ester groups is 1. The molecular formula is C47H83NO8P+. The van der Waals surface area contributed by atoms with Gasteiger partial charge in [0.15, 0.2) is 6.10 Å². The molecule has 2 atom stereocenters. The highest BCUT2D eigenvalue weighted by Crippen LogP contribution is 2.43. The normalized spacial score (nSPS) is 14.3. The Balaban J connectivity index is 4.45. The highest BCUT2D eigenvalue weighted by molar-refractivity contribution is 7.47. The van der Waals surface area contributed by atoms with Gasteiger partial charge >= 0.3 is 19.8 Å². The van der Waals surface area contributed by atoms with Crippen molar-refractivity contribution in [2.75, 3.05) is 47.5 Å². The number of hydrogen-bond donors (Lipinski definition) is 1. The zero-order chi connectivity index (χ0) is 42.1. The van der Waals surface area contributed by atoms with Crippen LogP contribution in [0, 0.1) is 0 Å². The van der Waals surface area contributed by atoms with Crippen molar-refractivity contribution in [1.29, 1.82) is 0 Å². The van der Waals surface area contributed by atoms with Gasteiger partial charge in [-0.2, -0.15) is 0 Å². The van der Waals surface area contributed by atoms with Gasteiger partial charge in [-0.05, 0) is 83.5 Å². The summed E-state index contributed by atoms with van der Waals surface area (Å²) in [6.45, 7) is 4.28. The molecule has 0 aromatic heterocycles. The number of likely N-dealkylation sites (N-methyl/N-ethyl adjacent to an activating group) is 1. The van der Waals surface area contributed by atoms with E-state index >= 15 is 0 Å². The van der Waals surface area contributed by atoms with E-state index in [9.17, 15) is 19.0 Å². The molecule has 0 aromatic carbocycles. The number of phosphoric acid groups is 1. The monoisotopic (exact) mass is 821 g/mol. The second-order valence-electron chi connectivity index (χ2n) is 15.7. The van der Waals surface area contributed by atoms with Crippen molar-refractivity contribution >= 4 is 19.8 Å². The summed E-state index contributed by atoms with van der Waals surface area (Å²) in [5.74, 6) is -0.858. The number of ether oxygens (including phenoxy) is 2. The largest absolute Gasteiger partial charge is 0.472 e. The van der Waals surface area contributed by atoms with Gasteiger partial charge < -0.3 is 18.9 Å². The van der Waals surface area contributed by atoms with E-state index in [1.54, 1.807) is 0 Å². The van der Waals surface area contributed by atoms with Gasteiger partial charge in [0.1, 0.15) is 19.8 Å². The van der Waals surface area contributed by atoms with Crippen LogP contribution in [0.25, 0.3) is 0 Å². The maximum absolute atomic E-state index is 12.7. The van der Waals surface area contributed by atoms with Crippen molar-refractivity contribution < 1.29 is 42.1 Å². The molecule has 0 aromatic rings. The number of unbranched alkanes of at least 4 members (excludes halogenated alkanes) is 13. The van der Waals surface area contributed by atoms with Crippen LogP contribution in [0.2, 0.25) is 0 Å². The number of hydrogen-bond acceptors (Lipinski definition) is 7. The van der Waals surface area contributed by atoms with Crippen molar-refractivity contribution in [1.82, 2.24) is 0 Å². The summed E-state index contributed by atoms with van der Waals surface area (Å²) >= 11 is 0. The van der Waals surface area contributed by atoms with E-state index in [1.165, 1.54) is 38.5 Å². The molecule has 0 saturated carbocycles. The summed E-state index contributed by atoms with van der Waals surface area (Å²) in [5.41, 5.74) is 0. The van der Waals surface area contributed by atoms with E-state index in [0.717, 1.165) is 83.5 Å². The lowest BCUT2D eigenvalue weighted by molar-refractivity contribution is -0.870. The van der Waals surface area contributed by atoms with Crippen LogP contribution in [-0.4, -0.2) is 74.9 Å². The first-order chi connectivity index (χ1) is 27.5. The molecule has 0 fully saturated rings. The molecule has 0 bridgehead atoms. The number of carbonyl (C=O) groups is 2. The van der Waals surface area contributed by atoms with Crippen molar-refractivity contribution in [3.05, 3.63) is 72.9 Å². The first kappa shape index (κ1) is 54.5. The minimum Gasteiger partial charge on any atom is -0.462 e. The molecule has 0 spiro atoms. The minimum absolute atomic E-state index is 0.0197. The van der Waals surface area contributed by atoms with Crippen molar-refractivity contribution in [3.8, 4) is 0 Å². The van der Waals surface area contributed by atoms with Gasteiger partial charge in [0, 0.05) is 12.8 Å². The summed E-state index contributed by atoms with van der Waals surface area (Å²) in [5, 5.41) is 0. The predicted octanol–water partition coefficient (Wildman–Crippen LogP) is 12.6. The molecule has 0 amide bonds. The van der Waals surface area contributed by atoms with Crippen LogP contribution in [0.5, 0.6) is 0 Å². The maximum Gasteiger partial charge on any atom is 0.472 e. The molecular weight excluding hydrogens is 737 g/mol. The first-order valence-corrected chi connectivity index (χ1v) is 23.7. The Bertz CT molecular complexity index is 1200. The Hall–Kier alpha value is -2.55. The van der Waals surface area contributed by atoms with Gasteiger partial charge in [0.05, 0.1) is 27.7 Å². The van der Waals surface area contributed by atoms with E-state index in [-0.39, 0.29) is 26.1 Å². The summed E-state index contributed by atoms with van der Waals surface area (Å²) in [6, 6.07) is 0. The summed E-state index contributed by atoms with van der Waals surface area (Å²) in [6.07, 6.45) is 48.0. The smallest absolute Gasteiger partial charge is 0.462 e. The Morgan fingerprint density at radius 1 is 0.544 bits per heavy atom. The van der Waals surface area contributed by atoms with Crippen LogP contribution < -0.4 is 0 Å². The standard InChI is InChI=1S/C47H82NO8P/c1-6-8-10-12-14-16-18-20-22-23-24-25-26-28-29-31-33-35-37-39-46(49)53-43-45(44-55-57(51,52)54-42-41-48(3,4)5)56-47(50)40-38-36-34-32-30-27-21-19-17-15-13-11-9-7-2/h13-16,19-22,24-25,28-29,45H,6-12,17-18,23,26-27,30-44H2,1-5H3/p+1/b15-13-,16-14-,21-19-,22-20-,25-24-,29-28-/t45-/m1/s1. The summed E-state index contributed by atoms with van der Waals surface area (Å²) in [7, 11) is 1.44. The van der Waals surface area contributed by atoms with Gasteiger partial charge in [-0.1, -0.05) is 138 Å². The van der Waals surface area contributed by atoms with Crippen LogP contribution >= 0.6 is 7.82 Å². The SMILES string of the molecule is CCCC/C=C\C/C=C\CCCCCCCC(=O)O[C@H](COC(=O)CCCCC/C=C\C/C=C\C/C=C\C/C=C\CCCCC)COP(=O)(O)OCC[N+](C)(C)C. The van der Waals surface area contributed by atoms with Crippen molar-refractivity contribution in [2.45, 2.75) is 168 Å². The van der Waals surface area contributed by atoms with E-state index in [1.807, 2.05) is 21.1 Å². The Kier molecular flexibility index (Phi) is 37.2. The van der Waals surface area contributed by atoms with Crippen LogP contribution in [0.3, 0.4) is 0 Å². The molecule has 0 aliphatic carbocycles. The third-order valence-corrected chi connectivity index (χ3v) is 9.94. The molecule has 0 heterocycles. The topological polar surface area (TPSA) is 108 Å². The van der Waals surface area contributed by atoms with Gasteiger partial charge in [0.25, 0.3) is 0 Å². The van der Waals surface area contributed by atoms with Crippen LogP contribution in [0.1, 0.15) is 162 Å². The Morgan fingerprint density at radius 3 is 1.47 bits per heavy atom. The number of rotatable bonds is 39. The average molecular weight is 821 g/mol. The van der Waals surface area contributed by atoms with Crippen LogP contribution in [0.4, 0.5) is 0 Å². The van der Waals surface area contributed by atoms with Gasteiger partial charge in [-0.25, -0.2) is 4.57 Å². The van der Waals surface area contributed by atoms with Crippen LogP contribution in [-0.2, 0) is 32.7 Å². The van der Waals surface area contributed by atoms with Gasteiger partial charge in [-0.3, -0.25) is 18.6 Å². The second kappa shape index (κ2) is 38.9. The van der Waals surface area contributed by atoms with Gasteiger partial charge in [0.2, 0.25) is 0 Å². The number of esters is 2. The molecule has 0 radical (unpaired) electrons. The number of carbonyl (C=O) groups excluding carboxylic acids is 2. The Morgan fingerprint density at radius 2 is 0.965 bits per heavy atom. The van der Waals surface area contributed by atoms with E-state index in [2.05, 4.69) is 86.8 Å². The molecule has 1 unspecified atom stereocenters. The molecule has 1 N–H and O–H groups in total. The average Bonchev–Trinajstić information content (AvgIpc) is 3.16. The van der Waals surface area contributed by atoms with Crippen LogP contribution in [0.15, 0.2) is 72.9 Å². The predicted molar refractivity (Wildman–Crippen MR) is 238 cm³/mol. The van der Waals surface area contributed by atoms with E-state index in [4.69, 9.17) is 18.5 Å². The third kappa shape index (κ3) is 42.9. The highest BCUT2D eigenvalue weighted by Gasteiger charge is 2.27. The Labute approximate surface area is 348 Å². The second-order valence-corrected chi connectivity index (χ2v) is 17.2. The fourth-order valence-corrected chi connectivity index (χ4v) is 6.17. The molecule has 328 valence electrons. The lowest BCUT2D eigenvalue weighted by atomic mass is 10.1. The fourth-order valence-electron chi connectivity index (χ4n) is 5.42. The summed E-state index contributed by atoms with van der Waals surface area (Å²) in [4.78, 5) is 35.4. The zero-order valence-electron chi connectivity index (χ0n) is 36.8. The van der Waals surface area contributed by atoms with E-state index in [0.29, 0.717) is 23.9 Å². The maximum atomic E-state index is 12.7. The minimum atomic E-state index is -4.39. The molecule has 10 heteroatoms. The van der Waals surface area contributed by atoms with Crippen molar-refractivity contribution in [3.63, 3.8) is 0 Å². The number of quaternary nitrogens is 1. The quantitative estimate of drug-likeness (QED) is 0.0215. The first-order valence-electron chi connectivity index (χ1n) is 22.2. The molecule has 0 aliphatic rings. The molecule has 9 nitrogen and oxygen atoms in total. The molecule has 0 saturated heterocycles. The molecule has 0 aliphatic heterocycles. The highest BCUT2D eigenvalue weighted by atomic mass is 31.2. The molecule has 57 heavy (non-hydrogen) atoms. The lowest BCUT2D eigenvalue weighted by Gasteiger charge is -2.24. The third-order valence-electron chi connectivity index (χ3n) is 8.96. The fraction of sp³-hybridized carbons (Fsp3) is 0.702. The summed E-state index contributed by atoms with van der Waals surface area (Å²) < 4.78 is 34.2. The number of nitrogens with zero attached hydrogens (tertiary/aromatic N) is 1. The van der Waals surface area contributed by atoms with Crippen molar-refractivity contribution in [2.24, 2.45) is 0 Å². The lowest BCUT2D eigenvalue weighted by Crippen LogP contribution is -2.37. The number of allylic oxidation sites excluding steroid dienone is 12.